The number of ketones is 1. The Morgan fingerprint density at radius 3 is 2.38 bits per heavy atom. The van der Waals surface area contributed by atoms with E-state index in [-0.39, 0.29) is 12.4 Å². The van der Waals surface area contributed by atoms with Crippen molar-refractivity contribution in [2.24, 2.45) is 0 Å². The normalized spacial score (nSPS) is 10.4. The summed E-state index contributed by atoms with van der Waals surface area (Å²) in [6.07, 6.45) is 0. The van der Waals surface area contributed by atoms with Crippen LogP contribution in [-0.2, 0) is 4.74 Å². The Bertz CT molecular complexity index is 917. The number of ether oxygens (including phenoxy) is 2. The van der Waals surface area contributed by atoms with Crippen molar-refractivity contribution in [3.63, 3.8) is 0 Å². The minimum absolute atomic E-state index is 0.239. The van der Waals surface area contributed by atoms with E-state index < -0.39 is 5.97 Å². The number of hydrogen-bond acceptors (Lipinski definition) is 6. The maximum Gasteiger partial charge on any atom is 0.350 e. The molecule has 0 radical (unpaired) electrons. The first kappa shape index (κ1) is 17.8. The van der Waals surface area contributed by atoms with E-state index in [4.69, 9.17) is 9.47 Å². The molecule has 1 heterocycles. The number of thiazole rings is 1. The lowest BCUT2D eigenvalue weighted by Gasteiger charge is -2.03. The molecule has 0 unspecified atom stereocenters. The van der Waals surface area contributed by atoms with Gasteiger partial charge in [-0.05, 0) is 31.2 Å². The van der Waals surface area contributed by atoms with Crippen LogP contribution in [0, 0.1) is 6.92 Å². The van der Waals surface area contributed by atoms with Crippen molar-refractivity contribution in [1.82, 2.24) is 4.98 Å². The number of nitrogens with zero attached hydrogens (tertiary/aromatic N) is 1. The Morgan fingerprint density at radius 2 is 1.73 bits per heavy atom. The number of methoxy groups -OCH3 is 1. The lowest BCUT2D eigenvalue weighted by atomic mass is 10.1. The van der Waals surface area contributed by atoms with Crippen molar-refractivity contribution < 1.29 is 19.1 Å². The van der Waals surface area contributed by atoms with Gasteiger partial charge in [-0.25, -0.2) is 9.78 Å². The average Bonchev–Trinajstić information content (AvgIpc) is 3.08. The molecule has 6 heteroatoms. The molecular formula is C20H17NO4S. The maximum atomic E-state index is 12.3. The molecule has 0 bridgehead atoms. The molecule has 0 aliphatic rings. The van der Waals surface area contributed by atoms with Crippen LogP contribution in [0.3, 0.4) is 0 Å². The number of hydrogen-bond donors (Lipinski definition) is 0. The van der Waals surface area contributed by atoms with Gasteiger partial charge in [-0.1, -0.05) is 30.3 Å². The second kappa shape index (κ2) is 7.93. The molecule has 1 aromatic heterocycles. The highest BCUT2D eigenvalue weighted by Crippen LogP contribution is 2.29. The van der Waals surface area contributed by atoms with Crippen molar-refractivity contribution in [1.29, 1.82) is 0 Å². The molecule has 0 amide bonds. The first-order valence-corrected chi connectivity index (χ1v) is 8.77. The summed E-state index contributed by atoms with van der Waals surface area (Å²) in [7, 11) is 1.60. The smallest absolute Gasteiger partial charge is 0.350 e. The van der Waals surface area contributed by atoms with Gasteiger partial charge in [-0.15, -0.1) is 11.3 Å². The molecule has 2 aromatic carbocycles. The number of aromatic nitrogens is 1. The number of esters is 1. The minimum atomic E-state index is -0.538. The van der Waals surface area contributed by atoms with Crippen LogP contribution >= 0.6 is 11.3 Å². The van der Waals surface area contributed by atoms with Gasteiger partial charge in [-0.2, -0.15) is 0 Å². The fourth-order valence-corrected chi connectivity index (χ4v) is 3.31. The highest BCUT2D eigenvalue weighted by atomic mass is 32.1. The number of carbonyl (C=O) groups excluding carboxylic acids is 2. The third kappa shape index (κ3) is 3.97. The van der Waals surface area contributed by atoms with E-state index >= 15 is 0 Å². The molecule has 3 rings (SSSR count). The van der Waals surface area contributed by atoms with Gasteiger partial charge < -0.3 is 9.47 Å². The Morgan fingerprint density at radius 1 is 1.04 bits per heavy atom. The van der Waals surface area contributed by atoms with Crippen molar-refractivity contribution in [3.8, 4) is 16.3 Å². The zero-order valence-electron chi connectivity index (χ0n) is 14.4. The van der Waals surface area contributed by atoms with Crippen LogP contribution in [-0.4, -0.2) is 30.5 Å². The topological polar surface area (TPSA) is 65.5 Å². The predicted molar refractivity (Wildman–Crippen MR) is 99.9 cm³/mol. The van der Waals surface area contributed by atoms with E-state index in [9.17, 15) is 9.59 Å². The molecule has 0 spiro atoms. The molecule has 0 fully saturated rings. The van der Waals surface area contributed by atoms with E-state index in [0.717, 1.165) is 11.3 Å². The summed E-state index contributed by atoms with van der Waals surface area (Å²) in [5, 5.41) is 0.714. The molecule has 0 N–H and O–H groups in total. The molecule has 3 aromatic rings. The summed E-state index contributed by atoms with van der Waals surface area (Å²) in [5.74, 6) is -0.0263. The van der Waals surface area contributed by atoms with E-state index in [1.807, 2.05) is 30.3 Å². The zero-order valence-corrected chi connectivity index (χ0v) is 15.2. The lowest BCUT2D eigenvalue weighted by Crippen LogP contribution is -2.14. The van der Waals surface area contributed by atoms with Crippen LogP contribution in [0.15, 0.2) is 54.6 Å². The van der Waals surface area contributed by atoms with E-state index in [1.165, 1.54) is 11.3 Å². The molecule has 0 aliphatic carbocycles. The average molecular weight is 367 g/mol. The van der Waals surface area contributed by atoms with Crippen molar-refractivity contribution in [3.05, 3.63) is 70.7 Å². The SMILES string of the molecule is COc1ccc(-c2nc(C)c(C(=O)OCC(=O)c3ccccc3)s2)cc1. The molecule has 132 valence electrons. The van der Waals surface area contributed by atoms with Gasteiger partial charge in [-0.3, -0.25) is 4.79 Å². The molecule has 0 saturated carbocycles. The van der Waals surface area contributed by atoms with Crippen LogP contribution in [0.5, 0.6) is 5.75 Å². The Kier molecular flexibility index (Phi) is 5.43. The second-order valence-electron chi connectivity index (χ2n) is 5.53. The van der Waals surface area contributed by atoms with Crippen LogP contribution in [0.25, 0.3) is 10.6 Å². The molecule has 5 nitrogen and oxygen atoms in total. The summed E-state index contributed by atoms with van der Waals surface area (Å²) >= 11 is 1.24. The molecule has 26 heavy (non-hydrogen) atoms. The van der Waals surface area contributed by atoms with Crippen LogP contribution < -0.4 is 4.74 Å². The maximum absolute atomic E-state index is 12.3. The number of carbonyl (C=O) groups is 2. The third-order valence-corrected chi connectivity index (χ3v) is 4.94. The molecule has 0 saturated heterocycles. The third-order valence-electron chi connectivity index (χ3n) is 3.75. The van der Waals surface area contributed by atoms with Gasteiger partial charge in [0.15, 0.2) is 12.4 Å². The largest absolute Gasteiger partial charge is 0.497 e. The highest BCUT2D eigenvalue weighted by Gasteiger charge is 2.19. The summed E-state index contributed by atoms with van der Waals surface area (Å²) < 4.78 is 10.3. The highest BCUT2D eigenvalue weighted by molar-refractivity contribution is 7.17. The first-order valence-electron chi connectivity index (χ1n) is 7.95. The summed E-state index contributed by atoms with van der Waals surface area (Å²) in [5.41, 5.74) is 1.98. The summed E-state index contributed by atoms with van der Waals surface area (Å²) in [6.45, 7) is 1.46. The summed E-state index contributed by atoms with van der Waals surface area (Å²) in [6, 6.07) is 16.2. The van der Waals surface area contributed by atoms with Crippen molar-refractivity contribution in [2.75, 3.05) is 13.7 Å². The van der Waals surface area contributed by atoms with E-state index in [2.05, 4.69) is 4.98 Å². The van der Waals surface area contributed by atoms with E-state index in [0.29, 0.717) is 21.1 Å². The monoisotopic (exact) mass is 367 g/mol. The first-order chi connectivity index (χ1) is 12.6. The standard InChI is InChI=1S/C20H17NO4S/c1-13-18(20(23)25-12-17(22)14-6-4-3-5-7-14)26-19(21-13)15-8-10-16(24-2)11-9-15/h3-11H,12H2,1-2H3. The quantitative estimate of drug-likeness (QED) is 0.483. The predicted octanol–water partition coefficient (Wildman–Crippen LogP) is 4.17. The van der Waals surface area contributed by atoms with Gasteiger partial charge in [0, 0.05) is 11.1 Å². The van der Waals surface area contributed by atoms with Gasteiger partial charge >= 0.3 is 5.97 Å². The fraction of sp³-hybridized carbons (Fsp3) is 0.150. The molecule has 0 aliphatic heterocycles. The van der Waals surface area contributed by atoms with Gasteiger partial charge in [0.1, 0.15) is 15.6 Å². The van der Waals surface area contributed by atoms with Gasteiger partial charge in [0.05, 0.1) is 12.8 Å². The fourth-order valence-electron chi connectivity index (χ4n) is 2.35. The summed E-state index contributed by atoms with van der Waals surface area (Å²) in [4.78, 5) is 29.2. The molecule has 0 atom stereocenters. The number of aryl methyl sites for hydroxylation is 1. The van der Waals surface area contributed by atoms with E-state index in [1.54, 1.807) is 38.3 Å². The zero-order chi connectivity index (χ0) is 18.5. The van der Waals surface area contributed by atoms with Crippen molar-refractivity contribution >= 4 is 23.1 Å². The van der Waals surface area contributed by atoms with Crippen LogP contribution in [0.2, 0.25) is 0 Å². The Balaban J connectivity index is 1.70. The Labute approximate surface area is 155 Å². The van der Waals surface area contributed by atoms with Gasteiger partial charge in [0.25, 0.3) is 0 Å². The van der Waals surface area contributed by atoms with Crippen molar-refractivity contribution in [2.45, 2.75) is 6.92 Å². The number of rotatable bonds is 6. The van der Waals surface area contributed by atoms with Crippen LogP contribution in [0.1, 0.15) is 25.7 Å². The lowest BCUT2D eigenvalue weighted by molar-refractivity contribution is 0.0478. The van der Waals surface area contributed by atoms with Gasteiger partial charge in [0.2, 0.25) is 0 Å². The van der Waals surface area contributed by atoms with Crippen LogP contribution in [0.4, 0.5) is 0 Å². The second-order valence-corrected chi connectivity index (χ2v) is 6.53. The Hall–Kier alpha value is -2.99. The number of Topliss-reactive ketones (excluding diaryl/α,β-unsaturated/α-hetero) is 1. The molecular weight excluding hydrogens is 350 g/mol. The number of benzene rings is 2. The minimum Gasteiger partial charge on any atom is -0.497 e.